The van der Waals surface area contributed by atoms with E-state index in [0.29, 0.717) is 0 Å². The van der Waals surface area contributed by atoms with Crippen LogP contribution < -0.4 is 0 Å². The Hall–Kier alpha value is -6.24. The normalized spacial score (nSPS) is 12.2. The Morgan fingerprint density at radius 3 is 1.21 bits per heavy atom. The fourth-order valence-electron chi connectivity index (χ4n) is 8.86. The highest BCUT2D eigenvalue weighted by Gasteiger charge is 2.30. The molecule has 0 aromatic heterocycles. The lowest BCUT2D eigenvalue weighted by Crippen LogP contribution is -1.92. The van der Waals surface area contributed by atoms with Crippen molar-refractivity contribution in [3.8, 4) is 55.6 Å². The molecule has 0 amide bonds. The van der Waals surface area contributed by atoms with E-state index >= 15 is 0 Å². The first-order valence-corrected chi connectivity index (χ1v) is 16.8. The molecule has 1 aliphatic rings. The van der Waals surface area contributed by atoms with Gasteiger partial charge in [0, 0.05) is 0 Å². The van der Waals surface area contributed by atoms with Crippen molar-refractivity contribution < 1.29 is 0 Å². The van der Waals surface area contributed by atoms with Crippen LogP contribution >= 0.6 is 0 Å². The zero-order valence-corrected chi connectivity index (χ0v) is 26.2. The van der Waals surface area contributed by atoms with Crippen LogP contribution in [-0.4, -0.2) is 0 Å². The fraction of sp³-hybridized carbons (Fsp3) is 0. The summed E-state index contributed by atoms with van der Waals surface area (Å²) >= 11 is 0. The molecule has 10 aromatic rings. The molecule has 0 atom stereocenters. The second-order valence-electron chi connectivity index (χ2n) is 13.1. The third-order valence-corrected chi connectivity index (χ3v) is 10.7. The summed E-state index contributed by atoms with van der Waals surface area (Å²) in [5.41, 5.74) is 13.0. The Bertz CT molecular complexity index is 2830. The van der Waals surface area contributed by atoms with Crippen LogP contribution in [0.4, 0.5) is 0 Å². The highest BCUT2D eigenvalue weighted by atomic mass is 14.3. The van der Waals surface area contributed by atoms with Gasteiger partial charge in [0.2, 0.25) is 0 Å². The molecule has 0 radical (unpaired) electrons. The summed E-state index contributed by atoms with van der Waals surface area (Å²) in [7, 11) is 0. The van der Waals surface area contributed by atoms with Crippen LogP contribution in [0.2, 0.25) is 0 Å². The minimum atomic E-state index is 1.25. The van der Waals surface area contributed by atoms with Gasteiger partial charge in [-0.1, -0.05) is 170 Å². The Kier molecular flexibility index (Phi) is 5.20. The fourth-order valence-corrected chi connectivity index (χ4v) is 8.86. The molecule has 48 heavy (non-hydrogen) atoms. The van der Waals surface area contributed by atoms with Crippen molar-refractivity contribution in [2.45, 2.75) is 0 Å². The molecule has 0 heterocycles. The first-order valence-electron chi connectivity index (χ1n) is 16.8. The third-order valence-electron chi connectivity index (χ3n) is 10.7. The van der Waals surface area contributed by atoms with E-state index in [0.717, 1.165) is 0 Å². The molecule has 0 saturated heterocycles. The van der Waals surface area contributed by atoms with Crippen molar-refractivity contribution in [2.24, 2.45) is 0 Å². The van der Waals surface area contributed by atoms with Crippen LogP contribution in [0.1, 0.15) is 0 Å². The first kappa shape index (κ1) is 25.9. The molecule has 0 unspecified atom stereocenters. The van der Waals surface area contributed by atoms with Gasteiger partial charge in [0.1, 0.15) is 0 Å². The minimum absolute atomic E-state index is 1.25. The standard InChI is InChI=1S/C48H28/c1-4-13-29(14-5-1)32-23-24-33(30-15-6-2-7-16-30)44-40-27-28-41-46-38(25-26-39(43(32)44)47(40)46)37-22-12-21-36-34-19-10-11-20-35(34)42(48(41)45(36)37)31-17-8-3-9-18-31/h1-28H. The molecule has 0 bridgehead atoms. The number of fused-ring (bicyclic) bond motifs is 7. The molecule has 0 saturated carbocycles. The quantitative estimate of drug-likeness (QED) is 0.139. The van der Waals surface area contributed by atoms with Gasteiger partial charge in [0.15, 0.2) is 0 Å². The van der Waals surface area contributed by atoms with Crippen molar-refractivity contribution in [2.75, 3.05) is 0 Å². The van der Waals surface area contributed by atoms with E-state index in [4.69, 9.17) is 0 Å². The summed E-state index contributed by atoms with van der Waals surface area (Å²) in [6.45, 7) is 0. The minimum Gasteiger partial charge on any atom is -0.0622 e. The lowest BCUT2D eigenvalue weighted by molar-refractivity contribution is 1.59. The maximum Gasteiger partial charge on any atom is -0.000763 e. The predicted molar refractivity (Wildman–Crippen MR) is 206 cm³/mol. The highest BCUT2D eigenvalue weighted by molar-refractivity contribution is 6.42. The van der Waals surface area contributed by atoms with E-state index in [1.807, 2.05) is 0 Å². The van der Waals surface area contributed by atoms with Crippen LogP contribution in [0.25, 0.3) is 109 Å². The molecule has 0 aliphatic heterocycles. The molecule has 10 aromatic carbocycles. The van der Waals surface area contributed by atoms with Crippen LogP contribution in [0, 0.1) is 0 Å². The molecule has 11 rings (SSSR count). The monoisotopic (exact) mass is 604 g/mol. The Balaban J connectivity index is 1.37. The maximum absolute atomic E-state index is 2.43. The summed E-state index contributed by atoms with van der Waals surface area (Å²) < 4.78 is 0. The van der Waals surface area contributed by atoms with Gasteiger partial charge >= 0.3 is 0 Å². The SMILES string of the molecule is c1ccc(-c2ccc(-c3ccccc3)c3c2-c2ccc4c5cccc6c7ccccc7c(-c7ccccc7)c(c7ccc-3c2c47)c65)cc1. The van der Waals surface area contributed by atoms with E-state index in [-0.39, 0.29) is 0 Å². The van der Waals surface area contributed by atoms with Gasteiger partial charge in [-0.15, -0.1) is 0 Å². The van der Waals surface area contributed by atoms with Crippen molar-refractivity contribution in [3.05, 3.63) is 170 Å². The second kappa shape index (κ2) is 9.64. The van der Waals surface area contributed by atoms with Gasteiger partial charge in [-0.05, 0) is 109 Å². The van der Waals surface area contributed by atoms with Crippen molar-refractivity contribution >= 4 is 53.9 Å². The number of hydrogen-bond acceptors (Lipinski definition) is 0. The van der Waals surface area contributed by atoms with Gasteiger partial charge in [0.05, 0.1) is 0 Å². The average Bonchev–Trinajstić information content (AvgIpc) is 3.51. The Morgan fingerprint density at radius 2 is 0.604 bits per heavy atom. The maximum atomic E-state index is 2.43. The largest absolute Gasteiger partial charge is 0.0622 e. The first-order chi connectivity index (χ1) is 23.9. The van der Waals surface area contributed by atoms with Crippen molar-refractivity contribution in [1.82, 2.24) is 0 Å². The number of rotatable bonds is 3. The van der Waals surface area contributed by atoms with Crippen LogP contribution in [0.15, 0.2) is 170 Å². The van der Waals surface area contributed by atoms with E-state index in [9.17, 15) is 0 Å². The molecule has 0 N–H and O–H groups in total. The van der Waals surface area contributed by atoms with Crippen molar-refractivity contribution in [3.63, 3.8) is 0 Å². The van der Waals surface area contributed by atoms with Crippen LogP contribution in [-0.2, 0) is 0 Å². The van der Waals surface area contributed by atoms with Gasteiger partial charge < -0.3 is 0 Å². The zero-order valence-electron chi connectivity index (χ0n) is 26.2. The van der Waals surface area contributed by atoms with Gasteiger partial charge in [-0.3, -0.25) is 0 Å². The van der Waals surface area contributed by atoms with E-state index < -0.39 is 0 Å². The highest BCUT2D eigenvalue weighted by Crippen LogP contribution is 2.58. The smallest absolute Gasteiger partial charge is 0.000763 e. The number of hydrogen-bond donors (Lipinski definition) is 0. The lowest BCUT2D eigenvalue weighted by Gasteiger charge is -2.21. The molecule has 0 heteroatoms. The molecule has 1 aliphatic carbocycles. The lowest BCUT2D eigenvalue weighted by atomic mass is 9.82. The number of benzene rings is 10. The summed E-state index contributed by atoms with van der Waals surface area (Å²) in [5, 5.41) is 13.4. The van der Waals surface area contributed by atoms with Gasteiger partial charge in [0.25, 0.3) is 0 Å². The van der Waals surface area contributed by atoms with Crippen LogP contribution in [0.3, 0.4) is 0 Å². The van der Waals surface area contributed by atoms with E-state index in [1.54, 1.807) is 0 Å². The van der Waals surface area contributed by atoms with Crippen LogP contribution in [0.5, 0.6) is 0 Å². The van der Waals surface area contributed by atoms with E-state index in [2.05, 4.69) is 170 Å². The molecule has 0 spiro atoms. The molecular weight excluding hydrogens is 577 g/mol. The summed E-state index contributed by atoms with van der Waals surface area (Å²) in [6, 6.07) is 63.0. The summed E-state index contributed by atoms with van der Waals surface area (Å²) in [5.74, 6) is 0. The molecule has 220 valence electrons. The predicted octanol–water partition coefficient (Wildman–Crippen LogP) is 13.5. The topological polar surface area (TPSA) is 0 Å². The van der Waals surface area contributed by atoms with Crippen molar-refractivity contribution in [1.29, 1.82) is 0 Å². The molecule has 0 nitrogen and oxygen atoms in total. The van der Waals surface area contributed by atoms with Gasteiger partial charge in [-0.2, -0.15) is 0 Å². The average molecular weight is 605 g/mol. The van der Waals surface area contributed by atoms with E-state index in [1.165, 1.54) is 109 Å². The van der Waals surface area contributed by atoms with Gasteiger partial charge in [-0.25, -0.2) is 0 Å². The Morgan fingerprint density at radius 1 is 0.188 bits per heavy atom. The third kappa shape index (κ3) is 3.34. The second-order valence-corrected chi connectivity index (χ2v) is 13.1. The Labute approximate surface area is 278 Å². The summed E-state index contributed by atoms with van der Waals surface area (Å²) in [6.07, 6.45) is 0. The molecule has 0 fully saturated rings. The zero-order chi connectivity index (χ0) is 31.3. The molecular formula is C48H28. The summed E-state index contributed by atoms with van der Waals surface area (Å²) in [4.78, 5) is 0.